The van der Waals surface area contributed by atoms with Crippen molar-refractivity contribution in [3.05, 3.63) is 64.2 Å². The Balaban J connectivity index is 1.50. The van der Waals surface area contributed by atoms with Gasteiger partial charge in [-0.3, -0.25) is 10.1 Å². The molecule has 2 heterocycles. The summed E-state index contributed by atoms with van der Waals surface area (Å²) in [6.45, 7) is 1.59. The van der Waals surface area contributed by atoms with Gasteiger partial charge in [-0.2, -0.15) is 23.4 Å². The van der Waals surface area contributed by atoms with E-state index in [4.69, 9.17) is 12.2 Å². The van der Waals surface area contributed by atoms with Gasteiger partial charge < -0.3 is 20.4 Å². The number of nitrogens with one attached hydrogen (secondary N) is 4. The summed E-state index contributed by atoms with van der Waals surface area (Å²) in [5, 5.41) is 22.1. The average molecular weight is 489 g/mol. The molecule has 0 aliphatic heterocycles. The van der Waals surface area contributed by atoms with E-state index in [-0.39, 0.29) is 27.9 Å². The molecule has 0 saturated carbocycles. The van der Waals surface area contributed by atoms with Crippen LogP contribution in [-0.2, 0) is 13.2 Å². The zero-order chi connectivity index (χ0) is 24.6. The zero-order valence-electron chi connectivity index (χ0n) is 17.8. The van der Waals surface area contributed by atoms with Crippen molar-refractivity contribution in [2.24, 2.45) is 12.1 Å². The highest BCUT2D eigenvalue weighted by Crippen LogP contribution is 2.35. The lowest BCUT2D eigenvalue weighted by molar-refractivity contribution is -0.137. The van der Waals surface area contributed by atoms with E-state index in [1.165, 1.54) is 16.8 Å². The van der Waals surface area contributed by atoms with Crippen molar-refractivity contribution in [2.45, 2.75) is 13.1 Å². The summed E-state index contributed by atoms with van der Waals surface area (Å²) in [7, 11) is 1.56. The molecule has 34 heavy (non-hydrogen) atoms. The molecule has 0 fully saturated rings. The molecule has 0 spiro atoms. The van der Waals surface area contributed by atoms with E-state index in [2.05, 4.69) is 30.9 Å². The summed E-state index contributed by atoms with van der Waals surface area (Å²) >= 11 is 5.23. The number of aryl methyl sites for hydroxylation is 1. The molecule has 0 unspecified atom stereocenters. The molecule has 9 nitrogen and oxygen atoms in total. The molecule has 0 bridgehead atoms. The lowest BCUT2D eigenvalue weighted by atomic mass is 10.1. The van der Waals surface area contributed by atoms with E-state index in [9.17, 15) is 23.1 Å². The number of nitrogens with zero attached hydrogens (tertiary/aromatic N) is 3. The van der Waals surface area contributed by atoms with Crippen molar-refractivity contribution < 1.29 is 18.3 Å². The van der Waals surface area contributed by atoms with Crippen molar-refractivity contribution in [1.82, 2.24) is 25.2 Å². The third-order valence-corrected chi connectivity index (χ3v) is 5.14. The summed E-state index contributed by atoms with van der Waals surface area (Å²) in [5.41, 5.74) is 4.44. The number of hydrogen-bond donors (Lipinski definition) is 5. The van der Waals surface area contributed by atoms with Crippen LogP contribution in [0, 0.1) is 0 Å². The van der Waals surface area contributed by atoms with Crippen molar-refractivity contribution in [1.29, 1.82) is 0 Å². The van der Waals surface area contributed by atoms with Crippen molar-refractivity contribution >= 4 is 39.8 Å². The predicted octanol–water partition coefficient (Wildman–Crippen LogP) is 3.69. The zero-order valence-corrected chi connectivity index (χ0v) is 18.6. The van der Waals surface area contributed by atoms with Crippen LogP contribution in [0.15, 0.2) is 52.4 Å². The molecule has 0 amide bonds. The van der Waals surface area contributed by atoms with E-state index < -0.39 is 11.7 Å². The fourth-order valence-corrected chi connectivity index (χ4v) is 3.52. The number of hydrogen-bond acceptors (Lipinski definition) is 5. The number of alkyl halides is 3. The Kier molecular flexibility index (Phi) is 5.87. The van der Waals surface area contributed by atoms with Gasteiger partial charge in [-0.15, -0.1) is 0 Å². The molecule has 2 aromatic heterocycles. The number of aromatic nitrogens is 4. The number of fused-ring (bicyclic) bond motifs is 1. The second-order valence-corrected chi connectivity index (χ2v) is 7.76. The number of H-pyrrole nitrogens is 2. The molecule has 4 aromatic rings. The number of imidazole rings is 1. The molecule has 176 valence electrons. The number of halogens is 3. The van der Waals surface area contributed by atoms with Gasteiger partial charge in [0.05, 0.1) is 22.3 Å². The van der Waals surface area contributed by atoms with E-state index in [1.54, 1.807) is 32.2 Å². The minimum Gasteiger partial charge on any atom is -0.504 e. The molecule has 0 atom stereocenters. The summed E-state index contributed by atoms with van der Waals surface area (Å²) in [4.78, 5) is 16.7. The first-order chi connectivity index (χ1) is 16.0. The second-order valence-electron chi connectivity index (χ2n) is 7.35. The van der Waals surface area contributed by atoms with Gasteiger partial charge in [0.15, 0.2) is 16.6 Å². The van der Waals surface area contributed by atoms with Crippen LogP contribution in [0.3, 0.4) is 0 Å². The van der Waals surface area contributed by atoms with Crippen LogP contribution in [0.1, 0.15) is 18.2 Å². The molecule has 0 saturated heterocycles. The number of aromatic amines is 2. The highest BCUT2D eigenvalue weighted by molar-refractivity contribution is 7.80. The van der Waals surface area contributed by atoms with Gasteiger partial charge in [-0.1, -0.05) is 12.1 Å². The van der Waals surface area contributed by atoms with Gasteiger partial charge in [0.2, 0.25) is 0 Å². The lowest BCUT2D eigenvalue weighted by Crippen LogP contribution is -2.25. The Bertz CT molecular complexity index is 1470. The predicted molar refractivity (Wildman–Crippen MR) is 126 cm³/mol. The number of rotatable bonds is 4. The van der Waals surface area contributed by atoms with Gasteiger partial charge in [-0.25, -0.2) is 4.79 Å². The summed E-state index contributed by atoms with van der Waals surface area (Å²) in [6.07, 6.45) is -4.45. The molecule has 13 heteroatoms. The number of thiocarbonyl (C=S) groups is 1. The van der Waals surface area contributed by atoms with Crippen molar-refractivity contribution in [3.63, 3.8) is 0 Å². The molecular formula is C21H18F3N7O2S. The fourth-order valence-electron chi connectivity index (χ4n) is 3.35. The number of anilines is 1. The van der Waals surface area contributed by atoms with E-state index in [0.717, 1.165) is 12.1 Å². The maximum Gasteiger partial charge on any atom is 0.416 e. The Labute approximate surface area is 195 Å². The minimum atomic E-state index is -4.45. The first-order valence-electron chi connectivity index (χ1n) is 9.80. The largest absolute Gasteiger partial charge is 0.504 e. The third kappa shape index (κ3) is 4.64. The first-order valence-corrected chi connectivity index (χ1v) is 10.2. The summed E-state index contributed by atoms with van der Waals surface area (Å²) in [5.74, 6) is -0.231. The van der Waals surface area contributed by atoms with E-state index >= 15 is 0 Å². The number of hydrazone groups is 1. The third-order valence-electron chi connectivity index (χ3n) is 4.95. The highest BCUT2D eigenvalue weighted by atomic mass is 32.1. The van der Waals surface area contributed by atoms with E-state index in [1.807, 2.05) is 0 Å². The lowest BCUT2D eigenvalue weighted by Gasteiger charge is -2.08. The topological polar surface area (TPSA) is 123 Å². The Morgan fingerprint density at radius 1 is 1.15 bits per heavy atom. The van der Waals surface area contributed by atoms with Crippen LogP contribution in [0.4, 0.5) is 18.9 Å². The molecule has 0 aliphatic rings. The molecule has 0 radical (unpaired) electrons. The monoisotopic (exact) mass is 489 g/mol. The maximum absolute atomic E-state index is 12.8. The van der Waals surface area contributed by atoms with Crippen molar-refractivity contribution in [2.75, 3.05) is 5.32 Å². The second kappa shape index (κ2) is 8.67. The smallest absolute Gasteiger partial charge is 0.416 e. The normalized spacial score (nSPS) is 12.2. The van der Waals surface area contributed by atoms with Gasteiger partial charge >= 0.3 is 11.9 Å². The van der Waals surface area contributed by atoms with Crippen LogP contribution in [-0.4, -0.2) is 35.7 Å². The Morgan fingerprint density at radius 3 is 2.50 bits per heavy atom. The SMILES string of the molecule is C/C(=N\NC(=S)Nc1ccc2[nH]c(=O)[nH]c2c1)c1nn(C)c(-c2ccc(C(F)(F)F)cc2)c1O. The molecule has 2 aromatic carbocycles. The van der Waals surface area contributed by atoms with Gasteiger partial charge in [0, 0.05) is 18.3 Å². The van der Waals surface area contributed by atoms with Crippen molar-refractivity contribution in [3.8, 4) is 17.0 Å². The van der Waals surface area contributed by atoms with Crippen LogP contribution in [0.5, 0.6) is 5.75 Å². The Morgan fingerprint density at radius 2 is 1.82 bits per heavy atom. The molecular weight excluding hydrogens is 471 g/mol. The maximum atomic E-state index is 12.8. The van der Waals surface area contributed by atoms with Crippen LogP contribution >= 0.6 is 12.2 Å². The van der Waals surface area contributed by atoms with Gasteiger partial charge in [-0.05, 0) is 49.5 Å². The van der Waals surface area contributed by atoms with Crippen LogP contribution in [0.2, 0.25) is 0 Å². The number of aromatic hydroxyl groups is 1. The van der Waals surface area contributed by atoms with Gasteiger partial charge in [0.1, 0.15) is 5.69 Å². The van der Waals surface area contributed by atoms with Gasteiger partial charge in [0.25, 0.3) is 0 Å². The quantitative estimate of drug-likeness (QED) is 0.169. The standard InChI is InChI=1S/C21H18F3N7O2S/c1-10(28-29-20(34)25-13-7-8-14-15(9-13)27-19(33)26-14)16-18(32)17(31(2)30-16)11-3-5-12(6-4-11)21(22,23)24/h3-9,32H,1-2H3,(H2,25,29,34)(H2,26,27,33)/b28-10+. The average Bonchev–Trinajstić information content (AvgIpc) is 3.29. The minimum absolute atomic E-state index is 0.138. The molecule has 4 rings (SSSR count). The highest BCUT2D eigenvalue weighted by Gasteiger charge is 2.30. The Hall–Kier alpha value is -4.13. The summed E-state index contributed by atoms with van der Waals surface area (Å²) in [6, 6.07) is 9.53. The first kappa shape index (κ1) is 23.0. The van der Waals surface area contributed by atoms with Crippen LogP contribution in [0.25, 0.3) is 22.3 Å². The molecule has 5 N–H and O–H groups in total. The number of benzene rings is 2. The fraction of sp³-hybridized carbons (Fsp3) is 0.143. The molecule has 0 aliphatic carbocycles. The van der Waals surface area contributed by atoms with Crippen LogP contribution < -0.4 is 16.4 Å². The van der Waals surface area contributed by atoms with E-state index in [0.29, 0.717) is 28.0 Å². The summed E-state index contributed by atoms with van der Waals surface area (Å²) < 4.78 is 39.8.